The summed E-state index contributed by atoms with van der Waals surface area (Å²) in [6, 6.07) is 1.91. The van der Waals surface area contributed by atoms with E-state index in [1.54, 1.807) is 12.3 Å². The fraction of sp³-hybridized carbons (Fsp3) is 0.643. The average Bonchev–Trinajstić information content (AvgIpc) is 2.85. The summed E-state index contributed by atoms with van der Waals surface area (Å²) >= 11 is 0. The van der Waals surface area contributed by atoms with Gasteiger partial charge in [0.1, 0.15) is 5.82 Å². The number of nitrogens with zero attached hydrogens (tertiary/aromatic N) is 1. The molecule has 0 saturated heterocycles. The van der Waals surface area contributed by atoms with Crippen LogP contribution in [0.15, 0.2) is 18.5 Å². The lowest BCUT2D eigenvalue weighted by Crippen LogP contribution is -2.18. The van der Waals surface area contributed by atoms with Crippen LogP contribution in [0.1, 0.15) is 50.1 Å². The molecule has 1 atom stereocenters. The Morgan fingerprint density at radius 3 is 2.88 bits per heavy atom. The van der Waals surface area contributed by atoms with Gasteiger partial charge in [0.2, 0.25) is 0 Å². The zero-order valence-electron chi connectivity index (χ0n) is 10.5. The number of rotatable bonds is 5. The molecule has 0 radical (unpaired) electrons. The summed E-state index contributed by atoms with van der Waals surface area (Å²) in [4.78, 5) is 3.80. The van der Waals surface area contributed by atoms with E-state index in [1.165, 1.54) is 38.3 Å². The quantitative estimate of drug-likeness (QED) is 0.847. The van der Waals surface area contributed by atoms with Gasteiger partial charge in [-0.15, -0.1) is 0 Å². The highest BCUT2D eigenvalue weighted by atomic mass is 19.1. The zero-order chi connectivity index (χ0) is 12.1. The molecular formula is C14H21FN2. The third-order valence-electron chi connectivity index (χ3n) is 3.87. The maximum Gasteiger partial charge on any atom is 0.146 e. The minimum Gasteiger partial charge on any atom is -0.313 e. The van der Waals surface area contributed by atoms with E-state index in [0.717, 1.165) is 17.9 Å². The SMILES string of the molecule is CNC(CCC1CCCC1)c1ccncc1F. The van der Waals surface area contributed by atoms with Gasteiger partial charge >= 0.3 is 0 Å². The Hall–Kier alpha value is -0.960. The van der Waals surface area contributed by atoms with Crippen molar-refractivity contribution < 1.29 is 4.39 Å². The summed E-state index contributed by atoms with van der Waals surface area (Å²) in [7, 11) is 1.90. The van der Waals surface area contributed by atoms with Crippen LogP contribution in [0.25, 0.3) is 0 Å². The fourth-order valence-electron chi connectivity index (χ4n) is 2.83. The molecule has 2 rings (SSSR count). The van der Waals surface area contributed by atoms with Gasteiger partial charge in [0, 0.05) is 17.8 Å². The van der Waals surface area contributed by atoms with Gasteiger partial charge in [0.25, 0.3) is 0 Å². The highest BCUT2D eigenvalue weighted by Gasteiger charge is 2.19. The molecule has 1 fully saturated rings. The first-order chi connectivity index (χ1) is 8.31. The molecule has 0 amide bonds. The van der Waals surface area contributed by atoms with Gasteiger partial charge in [0.15, 0.2) is 0 Å². The Balaban J connectivity index is 1.94. The molecular weight excluding hydrogens is 215 g/mol. The molecule has 1 saturated carbocycles. The lowest BCUT2D eigenvalue weighted by Gasteiger charge is -2.19. The van der Waals surface area contributed by atoms with E-state index in [-0.39, 0.29) is 11.9 Å². The Morgan fingerprint density at radius 1 is 1.47 bits per heavy atom. The smallest absolute Gasteiger partial charge is 0.146 e. The highest BCUT2D eigenvalue weighted by molar-refractivity contribution is 5.17. The van der Waals surface area contributed by atoms with Crippen LogP contribution in [0.2, 0.25) is 0 Å². The highest BCUT2D eigenvalue weighted by Crippen LogP contribution is 2.31. The van der Waals surface area contributed by atoms with Gasteiger partial charge in [-0.2, -0.15) is 0 Å². The number of pyridine rings is 1. The summed E-state index contributed by atoms with van der Waals surface area (Å²) in [5, 5.41) is 3.22. The second-order valence-corrected chi connectivity index (χ2v) is 4.97. The molecule has 0 aliphatic heterocycles. The van der Waals surface area contributed by atoms with E-state index in [4.69, 9.17) is 0 Å². The molecule has 0 bridgehead atoms. The topological polar surface area (TPSA) is 24.9 Å². The lowest BCUT2D eigenvalue weighted by atomic mass is 9.95. The third-order valence-corrected chi connectivity index (χ3v) is 3.87. The minimum absolute atomic E-state index is 0.124. The molecule has 1 aromatic rings. The molecule has 0 spiro atoms. The fourth-order valence-corrected chi connectivity index (χ4v) is 2.83. The summed E-state index contributed by atoms with van der Waals surface area (Å²) in [6.07, 6.45) is 10.6. The van der Waals surface area contributed by atoms with Crippen LogP contribution in [0.4, 0.5) is 4.39 Å². The Labute approximate surface area is 103 Å². The lowest BCUT2D eigenvalue weighted by molar-refractivity contribution is 0.418. The Kier molecular flexibility index (Phi) is 4.49. The molecule has 1 heterocycles. The van der Waals surface area contributed by atoms with E-state index >= 15 is 0 Å². The van der Waals surface area contributed by atoms with Crippen LogP contribution in [0.3, 0.4) is 0 Å². The van der Waals surface area contributed by atoms with Gasteiger partial charge < -0.3 is 5.32 Å². The van der Waals surface area contributed by atoms with Crippen LogP contribution in [-0.4, -0.2) is 12.0 Å². The van der Waals surface area contributed by atoms with E-state index < -0.39 is 0 Å². The van der Waals surface area contributed by atoms with Crippen molar-refractivity contribution in [3.8, 4) is 0 Å². The maximum absolute atomic E-state index is 13.6. The monoisotopic (exact) mass is 236 g/mol. The van der Waals surface area contributed by atoms with E-state index in [2.05, 4.69) is 10.3 Å². The summed E-state index contributed by atoms with van der Waals surface area (Å²) in [5.41, 5.74) is 0.750. The van der Waals surface area contributed by atoms with Crippen molar-refractivity contribution in [3.05, 3.63) is 29.8 Å². The average molecular weight is 236 g/mol. The molecule has 1 aliphatic carbocycles. The summed E-state index contributed by atoms with van der Waals surface area (Å²) in [5.74, 6) is 0.661. The molecule has 1 N–H and O–H groups in total. The van der Waals surface area contributed by atoms with Crippen molar-refractivity contribution in [2.24, 2.45) is 5.92 Å². The van der Waals surface area contributed by atoms with Crippen LogP contribution in [0, 0.1) is 11.7 Å². The van der Waals surface area contributed by atoms with Crippen molar-refractivity contribution >= 4 is 0 Å². The predicted octanol–water partition coefficient (Wildman–Crippen LogP) is 3.45. The van der Waals surface area contributed by atoms with Gasteiger partial charge in [-0.1, -0.05) is 25.7 Å². The maximum atomic E-state index is 13.6. The molecule has 2 nitrogen and oxygen atoms in total. The summed E-state index contributed by atoms with van der Waals surface area (Å²) in [6.45, 7) is 0. The zero-order valence-corrected chi connectivity index (χ0v) is 10.5. The van der Waals surface area contributed by atoms with Crippen LogP contribution < -0.4 is 5.32 Å². The van der Waals surface area contributed by atoms with Crippen molar-refractivity contribution in [1.82, 2.24) is 10.3 Å². The Bertz CT molecular complexity index is 348. The van der Waals surface area contributed by atoms with Crippen LogP contribution in [0.5, 0.6) is 0 Å². The first kappa shape index (κ1) is 12.5. The number of hydrogen-bond donors (Lipinski definition) is 1. The van der Waals surface area contributed by atoms with Crippen molar-refractivity contribution in [2.75, 3.05) is 7.05 Å². The van der Waals surface area contributed by atoms with E-state index in [1.807, 2.05) is 7.05 Å². The molecule has 1 aliphatic rings. The van der Waals surface area contributed by atoms with Gasteiger partial charge in [-0.25, -0.2) is 4.39 Å². The van der Waals surface area contributed by atoms with Crippen molar-refractivity contribution in [3.63, 3.8) is 0 Å². The summed E-state index contributed by atoms with van der Waals surface area (Å²) < 4.78 is 13.6. The van der Waals surface area contributed by atoms with Crippen LogP contribution in [-0.2, 0) is 0 Å². The number of hydrogen-bond acceptors (Lipinski definition) is 2. The minimum atomic E-state index is -0.196. The van der Waals surface area contributed by atoms with E-state index in [9.17, 15) is 4.39 Å². The number of halogens is 1. The van der Waals surface area contributed by atoms with Crippen molar-refractivity contribution in [1.29, 1.82) is 0 Å². The molecule has 1 unspecified atom stereocenters. The first-order valence-corrected chi connectivity index (χ1v) is 6.58. The molecule has 1 aromatic heterocycles. The van der Waals surface area contributed by atoms with Gasteiger partial charge in [-0.05, 0) is 31.9 Å². The number of nitrogens with one attached hydrogen (secondary N) is 1. The second-order valence-electron chi connectivity index (χ2n) is 4.97. The molecule has 94 valence electrons. The standard InChI is InChI=1S/C14H21FN2/c1-16-14(7-6-11-4-2-3-5-11)12-8-9-17-10-13(12)15/h8-11,14,16H,2-7H2,1H3. The van der Waals surface area contributed by atoms with Crippen LogP contribution >= 0.6 is 0 Å². The van der Waals surface area contributed by atoms with Gasteiger partial charge in [0.05, 0.1) is 6.20 Å². The van der Waals surface area contributed by atoms with E-state index in [0.29, 0.717) is 0 Å². The number of aromatic nitrogens is 1. The second kappa shape index (κ2) is 6.10. The normalized spacial score (nSPS) is 18.5. The Morgan fingerprint density at radius 2 is 2.24 bits per heavy atom. The van der Waals surface area contributed by atoms with Crippen molar-refractivity contribution in [2.45, 2.75) is 44.6 Å². The molecule has 17 heavy (non-hydrogen) atoms. The molecule has 0 aromatic carbocycles. The largest absolute Gasteiger partial charge is 0.313 e. The first-order valence-electron chi connectivity index (χ1n) is 6.58. The van der Waals surface area contributed by atoms with Gasteiger partial charge in [-0.3, -0.25) is 4.98 Å². The molecule has 3 heteroatoms. The predicted molar refractivity (Wildman–Crippen MR) is 67.2 cm³/mol. The third kappa shape index (κ3) is 3.25.